The van der Waals surface area contributed by atoms with Crippen molar-refractivity contribution in [2.75, 3.05) is 13.1 Å². The Labute approximate surface area is 138 Å². The Hall–Kier alpha value is -1.66. The number of hydrogen-bond donors (Lipinski definition) is 3. The molecule has 0 amide bonds. The van der Waals surface area contributed by atoms with E-state index in [1.54, 1.807) is 0 Å². The third kappa shape index (κ3) is 7.95. The Morgan fingerprint density at radius 1 is 1.14 bits per heavy atom. The SMILES string of the molecule is Brc1ccccc1CC1CCNCC1.O=C(O)C=CC(=O)O. The van der Waals surface area contributed by atoms with Crippen molar-refractivity contribution in [3.8, 4) is 0 Å². The minimum atomic E-state index is -1.26. The molecule has 0 bridgehead atoms. The molecule has 22 heavy (non-hydrogen) atoms. The first kappa shape index (κ1) is 18.4. The summed E-state index contributed by atoms with van der Waals surface area (Å²) in [4.78, 5) is 19.1. The number of hydrogen-bond acceptors (Lipinski definition) is 3. The van der Waals surface area contributed by atoms with Crippen LogP contribution in [0.1, 0.15) is 18.4 Å². The minimum absolute atomic E-state index is 0.558. The van der Waals surface area contributed by atoms with E-state index in [1.807, 2.05) is 0 Å². The summed E-state index contributed by atoms with van der Waals surface area (Å²) in [5.74, 6) is -1.64. The number of piperidine rings is 1. The number of carboxylic acids is 2. The molecule has 1 aliphatic heterocycles. The molecule has 1 heterocycles. The van der Waals surface area contributed by atoms with E-state index < -0.39 is 11.9 Å². The predicted molar refractivity (Wildman–Crippen MR) is 87.9 cm³/mol. The van der Waals surface area contributed by atoms with Crippen LogP contribution >= 0.6 is 15.9 Å². The lowest BCUT2D eigenvalue weighted by Crippen LogP contribution is -2.28. The molecule has 0 aromatic heterocycles. The highest BCUT2D eigenvalue weighted by Crippen LogP contribution is 2.23. The summed E-state index contributed by atoms with van der Waals surface area (Å²) < 4.78 is 1.26. The molecule has 0 atom stereocenters. The highest BCUT2D eigenvalue weighted by Gasteiger charge is 2.14. The second kappa shape index (κ2) is 10.1. The topological polar surface area (TPSA) is 86.6 Å². The lowest BCUT2D eigenvalue weighted by Gasteiger charge is -2.22. The molecular weight excluding hydrogens is 350 g/mol. The summed E-state index contributed by atoms with van der Waals surface area (Å²) in [5, 5.41) is 19.0. The van der Waals surface area contributed by atoms with E-state index in [0.717, 1.165) is 5.92 Å². The van der Waals surface area contributed by atoms with Gasteiger partial charge in [-0.15, -0.1) is 0 Å². The van der Waals surface area contributed by atoms with Gasteiger partial charge < -0.3 is 15.5 Å². The molecule has 6 heteroatoms. The average molecular weight is 370 g/mol. The van der Waals surface area contributed by atoms with Crippen LogP contribution in [0.25, 0.3) is 0 Å². The van der Waals surface area contributed by atoms with Gasteiger partial charge >= 0.3 is 11.9 Å². The van der Waals surface area contributed by atoms with Gasteiger partial charge in [0.15, 0.2) is 0 Å². The standard InChI is InChI=1S/C12H16BrN.C4H4O4/c13-12-4-2-1-3-11(12)9-10-5-7-14-8-6-10;5-3(6)1-2-4(7)8/h1-4,10,14H,5-9H2;1-2H,(H,5,6)(H,7,8). The zero-order valence-corrected chi connectivity index (χ0v) is 13.8. The third-order valence-electron chi connectivity index (χ3n) is 3.29. The minimum Gasteiger partial charge on any atom is -0.478 e. The van der Waals surface area contributed by atoms with Crippen molar-refractivity contribution >= 4 is 27.9 Å². The Balaban J connectivity index is 0.000000261. The van der Waals surface area contributed by atoms with Crippen molar-refractivity contribution in [3.05, 3.63) is 46.5 Å². The molecule has 0 radical (unpaired) electrons. The quantitative estimate of drug-likeness (QED) is 0.710. The van der Waals surface area contributed by atoms with Crippen molar-refractivity contribution in [1.29, 1.82) is 0 Å². The maximum atomic E-state index is 9.55. The van der Waals surface area contributed by atoms with Gasteiger partial charge in [-0.25, -0.2) is 9.59 Å². The van der Waals surface area contributed by atoms with Crippen LogP contribution in [0.15, 0.2) is 40.9 Å². The number of carbonyl (C=O) groups is 2. The van der Waals surface area contributed by atoms with Gasteiger partial charge in [-0.05, 0) is 49.9 Å². The van der Waals surface area contributed by atoms with Crippen molar-refractivity contribution in [1.82, 2.24) is 5.32 Å². The van der Waals surface area contributed by atoms with Gasteiger partial charge in [0, 0.05) is 16.6 Å². The largest absolute Gasteiger partial charge is 0.478 e. The Bertz CT molecular complexity index is 509. The fourth-order valence-corrected chi connectivity index (χ4v) is 2.65. The van der Waals surface area contributed by atoms with E-state index in [4.69, 9.17) is 10.2 Å². The highest BCUT2D eigenvalue weighted by atomic mass is 79.9. The molecule has 0 unspecified atom stereocenters. The molecule has 5 nitrogen and oxygen atoms in total. The normalized spacial score (nSPS) is 15.1. The maximum Gasteiger partial charge on any atom is 0.328 e. The number of halogens is 1. The first-order valence-electron chi connectivity index (χ1n) is 7.07. The lowest BCUT2D eigenvalue weighted by molar-refractivity contribution is -0.134. The zero-order chi connectivity index (χ0) is 16.4. The number of nitrogens with one attached hydrogen (secondary N) is 1. The summed E-state index contributed by atoms with van der Waals surface area (Å²) in [6.45, 7) is 2.38. The number of carboxylic acid groups (broad SMARTS) is 2. The van der Waals surface area contributed by atoms with Crippen LogP contribution in [0.4, 0.5) is 0 Å². The predicted octanol–water partition coefficient (Wildman–Crippen LogP) is 2.70. The van der Waals surface area contributed by atoms with Gasteiger partial charge in [-0.3, -0.25) is 0 Å². The van der Waals surface area contributed by atoms with Crippen molar-refractivity contribution < 1.29 is 19.8 Å². The second-order valence-electron chi connectivity index (χ2n) is 5.00. The van der Waals surface area contributed by atoms with Crippen molar-refractivity contribution in [2.45, 2.75) is 19.3 Å². The van der Waals surface area contributed by atoms with Crippen LogP contribution in [0.5, 0.6) is 0 Å². The Morgan fingerprint density at radius 2 is 1.68 bits per heavy atom. The molecule has 120 valence electrons. The van der Waals surface area contributed by atoms with Gasteiger partial charge in [0.2, 0.25) is 0 Å². The fraction of sp³-hybridized carbons (Fsp3) is 0.375. The van der Waals surface area contributed by atoms with Crippen LogP contribution in [0.3, 0.4) is 0 Å². The first-order chi connectivity index (χ1) is 10.5. The average Bonchev–Trinajstić information content (AvgIpc) is 2.49. The van der Waals surface area contributed by atoms with Gasteiger partial charge in [0.25, 0.3) is 0 Å². The summed E-state index contributed by atoms with van der Waals surface area (Å²) in [5.41, 5.74) is 1.46. The van der Waals surface area contributed by atoms with Crippen LogP contribution in [0, 0.1) is 5.92 Å². The summed E-state index contributed by atoms with van der Waals surface area (Å²) in [6.07, 6.45) is 4.98. The molecule has 1 saturated heterocycles. The van der Waals surface area contributed by atoms with E-state index in [2.05, 4.69) is 45.5 Å². The number of benzene rings is 1. The third-order valence-corrected chi connectivity index (χ3v) is 4.07. The highest BCUT2D eigenvalue weighted by molar-refractivity contribution is 9.10. The van der Waals surface area contributed by atoms with E-state index in [1.165, 1.54) is 42.4 Å². The number of aliphatic carboxylic acids is 2. The van der Waals surface area contributed by atoms with Crippen molar-refractivity contribution in [3.63, 3.8) is 0 Å². The van der Waals surface area contributed by atoms with Crippen LogP contribution in [-0.4, -0.2) is 35.2 Å². The molecule has 0 aliphatic carbocycles. The Kier molecular flexibility index (Phi) is 8.47. The molecule has 0 saturated carbocycles. The first-order valence-corrected chi connectivity index (χ1v) is 7.86. The van der Waals surface area contributed by atoms with Crippen LogP contribution in [-0.2, 0) is 16.0 Å². The van der Waals surface area contributed by atoms with E-state index in [0.29, 0.717) is 12.2 Å². The van der Waals surface area contributed by atoms with E-state index in [-0.39, 0.29) is 0 Å². The van der Waals surface area contributed by atoms with E-state index in [9.17, 15) is 9.59 Å². The number of rotatable bonds is 4. The van der Waals surface area contributed by atoms with E-state index >= 15 is 0 Å². The molecule has 0 spiro atoms. The fourth-order valence-electron chi connectivity index (χ4n) is 2.20. The molecule has 1 fully saturated rings. The summed E-state index contributed by atoms with van der Waals surface area (Å²) in [7, 11) is 0. The molecule has 1 aromatic rings. The monoisotopic (exact) mass is 369 g/mol. The maximum absolute atomic E-state index is 9.55. The summed E-state index contributed by atoms with van der Waals surface area (Å²) in [6, 6.07) is 8.57. The lowest BCUT2D eigenvalue weighted by atomic mass is 9.91. The molecule has 2 rings (SSSR count). The van der Waals surface area contributed by atoms with Gasteiger partial charge in [-0.2, -0.15) is 0 Å². The molecule has 3 N–H and O–H groups in total. The smallest absolute Gasteiger partial charge is 0.328 e. The molecule has 1 aromatic carbocycles. The van der Waals surface area contributed by atoms with Crippen LogP contribution in [0.2, 0.25) is 0 Å². The second-order valence-corrected chi connectivity index (χ2v) is 5.85. The summed E-state index contributed by atoms with van der Waals surface area (Å²) >= 11 is 3.61. The van der Waals surface area contributed by atoms with Crippen LogP contribution < -0.4 is 5.32 Å². The van der Waals surface area contributed by atoms with Gasteiger partial charge in [0.1, 0.15) is 0 Å². The van der Waals surface area contributed by atoms with Gasteiger partial charge in [0.05, 0.1) is 0 Å². The van der Waals surface area contributed by atoms with Crippen molar-refractivity contribution in [2.24, 2.45) is 5.92 Å². The van der Waals surface area contributed by atoms with Gasteiger partial charge in [-0.1, -0.05) is 34.1 Å². The Morgan fingerprint density at radius 3 is 2.18 bits per heavy atom. The zero-order valence-electron chi connectivity index (χ0n) is 12.2. The molecule has 1 aliphatic rings. The molecular formula is C16H20BrNO4.